The Morgan fingerprint density at radius 3 is 2.54 bits per heavy atom. The van der Waals surface area contributed by atoms with Gasteiger partial charge in [0, 0.05) is 24.3 Å². The van der Waals surface area contributed by atoms with Gasteiger partial charge in [-0.25, -0.2) is 9.79 Å². The molecule has 0 aliphatic carbocycles. The summed E-state index contributed by atoms with van der Waals surface area (Å²) in [5.74, 6) is -0.601. The first-order valence-corrected chi connectivity index (χ1v) is 11.6. The van der Waals surface area contributed by atoms with Crippen LogP contribution in [0.15, 0.2) is 62.8 Å². The number of amidine groups is 1. The summed E-state index contributed by atoms with van der Waals surface area (Å²) in [6.45, 7) is 2.20. The van der Waals surface area contributed by atoms with Crippen LogP contribution in [0.3, 0.4) is 0 Å². The van der Waals surface area contributed by atoms with Crippen LogP contribution in [0.1, 0.15) is 23.0 Å². The van der Waals surface area contributed by atoms with Gasteiger partial charge in [0.2, 0.25) is 0 Å². The van der Waals surface area contributed by atoms with Crippen LogP contribution in [0.2, 0.25) is 10.0 Å². The summed E-state index contributed by atoms with van der Waals surface area (Å²) < 4.78 is 5.81. The summed E-state index contributed by atoms with van der Waals surface area (Å²) in [5.41, 5.74) is 0.709. The molecule has 4 rings (SSSR count). The zero-order chi connectivity index (χ0) is 25.3. The predicted molar refractivity (Wildman–Crippen MR) is 134 cm³/mol. The molecule has 9 nitrogen and oxygen atoms in total. The third kappa shape index (κ3) is 5.09. The molecule has 1 amide bonds. The lowest BCUT2D eigenvalue weighted by Gasteiger charge is -2.11. The lowest BCUT2D eigenvalue weighted by Crippen LogP contribution is -2.28. The van der Waals surface area contributed by atoms with Gasteiger partial charge in [-0.05, 0) is 61.2 Å². The molecular formula is C23H15Cl2N3O6S. The van der Waals surface area contributed by atoms with E-state index in [9.17, 15) is 19.7 Å². The van der Waals surface area contributed by atoms with Crippen molar-refractivity contribution in [1.29, 1.82) is 0 Å². The summed E-state index contributed by atoms with van der Waals surface area (Å²) in [6, 6.07) is 11.8. The highest BCUT2D eigenvalue weighted by Crippen LogP contribution is 2.39. The van der Waals surface area contributed by atoms with Crippen LogP contribution in [0.25, 0.3) is 17.4 Å². The van der Waals surface area contributed by atoms with E-state index in [4.69, 9.17) is 32.7 Å². The van der Waals surface area contributed by atoms with Crippen molar-refractivity contribution in [3.05, 3.63) is 84.9 Å². The number of thioether (sulfide) groups is 1. The maximum atomic E-state index is 12.9. The van der Waals surface area contributed by atoms with Crippen molar-refractivity contribution in [2.75, 3.05) is 6.54 Å². The first kappa shape index (κ1) is 24.5. The number of nitro benzene ring substituents is 1. The average Bonchev–Trinajstić information content (AvgIpc) is 3.39. The van der Waals surface area contributed by atoms with Crippen molar-refractivity contribution in [2.45, 2.75) is 6.92 Å². The molecule has 1 saturated heterocycles. The Balaban J connectivity index is 1.61. The number of carbonyl (C=O) groups excluding carboxylic acids is 1. The number of halogens is 2. The Morgan fingerprint density at radius 2 is 1.91 bits per heavy atom. The minimum absolute atomic E-state index is 0.0805. The highest BCUT2D eigenvalue weighted by atomic mass is 35.5. The van der Waals surface area contributed by atoms with E-state index in [0.717, 1.165) is 17.8 Å². The van der Waals surface area contributed by atoms with Gasteiger partial charge in [-0.3, -0.25) is 19.8 Å². The van der Waals surface area contributed by atoms with E-state index in [0.29, 0.717) is 39.4 Å². The van der Waals surface area contributed by atoms with E-state index in [-0.39, 0.29) is 27.2 Å². The minimum atomic E-state index is -1.04. The van der Waals surface area contributed by atoms with Gasteiger partial charge in [0.1, 0.15) is 16.5 Å². The molecule has 1 N–H and O–H groups in total. The van der Waals surface area contributed by atoms with E-state index in [1.807, 2.05) is 6.92 Å². The van der Waals surface area contributed by atoms with Gasteiger partial charge in [0.25, 0.3) is 11.6 Å². The van der Waals surface area contributed by atoms with Crippen LogP contribution < -0.4 is 0 Å². The molecule has 0 unspecified atom stereocenters. The number of carboxylic acids is 1. The van der Waals surface area contributed by atoms with E-state index >= 15 is 0 Å². The molecule has 1 aromatic heterocycles. The van der Waals surface area contributed by atoms with E-state index in [1.54, 1.807) is 30.3 Å². The van der Waals surface area contributed by atoms with Gasteiger partial charge in [-0.2, -0.15) is 0 Å². The molecule has 0 radical (unpaired) electrons. The molecule has 2 aromatic carbocycles. The van der Waals surface area contributed by atoms with Gasteiger partial charge < -0.3 is 9.52 Å². The average molecular weight is 532 g/mol. The molecular weight excluding hydrogens is 517 g/mol. The van der Waals surface area contributed by atoms with Crippen LogP contribution in [0, 0.1) is 10.1 Å². The fourth-order valence-electron chi connectivity index (χ4n) is 3.23. The summed E-state index contributed by atoms with van der Waals surface area (Å²) in [4.78, 5) is 40.7. The number of carbonyl (C=O) groups is 2. The zero-order valence-electron chi connectivity index (χ0n) is 17.9. The standard InChI is InChI=1S/C23H15Cl2N3O6S/c1-2-27-21(29)20(35-23(27)26-13-5-3-12(4-6-13)22(30)31)9-14-7-8-19(34-14)15-10-17(25)18(28(32)33)11-16(15)24/h3-11H,2H2,1H3,(H,30,31)/b20-9+,26-23?. The second kappa shape index (κ2) is 9.95. The smallest absolute Gasteiger partial charge is 0.335 e. The topological polar surface area (TPSA) is 126 Å². The molecule has 0 saturated carbocycles. The van der Waals surface area contributed by atoms with Crippen LogP contribution in [-0.2, 0) is 4.79 Å². The van der Waals surface area contributed by atoms with E-state index < -0.39 is 10.9 Å². The molecule has 2 heterocycles. The lowest BCUT2D eigenvalue weighted by atomic mass is 10.1. The largest absolute Gasteiger partial charge is 0.478 e. The molecule has 0 spiro atoms. The molecule has 12 heteroatoms. The number of nitrogens with zero attached hydrogens (tertiary/aromatic N) is 3. The number of amides is 1. The Morgan fingerprint density at radius 1 is 1.20 bits per heavy atom. The lowest BCUT2D eigenvalue weighted by molar-refractivity contribution is -0.384. The number of benzene rings is 2. The Kier molecular flexibility index (Phi) is 6.97. The summed E-state index contributed by atoms with van der Waals surface area (Å²) in [5, 5.41) is 20.5. The van der Waals surface area contributed by atoms with Crippen LogP contribution >= 0.6 is 35.0 Å². The first-order valence-electron chi connectivity index (χ1n) is 10.0. The van der Waals surface area contributed by atoms with Crippen molar-refractivity contribution in [3.63, 3.8) is 0 Å². The third-order valence-electron chi connectivity index (χ3n) is 4.94. The third-order valence-corrected chi connectivity index (χ3v) is 6.56. The first-order chi connectivity index (χ1) is 16.7. The van der Waals surface area contributed by atoms with Crippen molar-refractivity contribution in [2.24, 2.45) is 4.99 Å². The number of aliphatic imine (C=N–C) groups is 1. The molecule has 1 fully saturated rings. The van der Waals surface area contributed by atoms with Gasteiger partial charge in [0.05, 0.1) is 26.1 Å². The molecule has 35 heavy (non-hydrogen) atoms. The Hall–Kier alpha value is -3.60. The Bertz CT molecular complexity index is 1420. The maximum absolute atomic E-state index is 12.9. The maximum Gasteiger partial charge on any atom is 0.335 e. The molecule has 1 aliphatic heterocycles. The van der Waals surface area contributed by atoms with Crippen molar-refractivity contribution < 1.29 is 24.0 Å². The second-order valence-electron chi connectivity index (χ2n) is 7.15. The normalized spacial score (nSPS) is 15.9. The van der Waals surface area contributed by atoms with Crippen LogP contribution in [0.4, 0.5) is 11.4 Å². The van der Waals surface area contributed by atoms with Crippen LogP contribution in [-0.4, -0.2) is 38.5 Å². The number of hydrogen-bond acceptors (Lipinski definition) is 7. The van der Waals surface area contributed by atoms with Crippen molar-refractivity contribution >= 4 is 69.5 Å². The van der Waals surface area contributed by atoms with Crippen molar-refractivity contribution in [1.82, 2.24) is 4.90 Å². The fourth-order valence-corrected chi connectivity index (χ4v) is 4.75. The monoisotopic (exact) mass is 531 g/mol. The molecule has 0 bridgehead atoms. The highest BCUT2D eigenvalue weighted by molar-refractivity contribution is 8.18. The quantitative estimate of drug-likeness (QED) is 0.219. The number of hydrogen-bond donors (Lipinski definition) is 1. The molecule has 0 atom stereocenters. The van der Waals surface area contributed by atoms with Gasteiger partial charge in [0.15, 0.2) is 5.17 Å². The summed E-state index contributed by atoms with van der Waals surface area (Å²) in [7, 11) is 0. The number of aromatic carboxylic acids is 1. The summed E-state index contributed by atoms with van der Waals surface area (Å²) >= 11 is 13.3. The number of carboxylic acid groups (broad SMARTS) is 1. The number of furan rings is 1. The van der Waals surface area contributed by atoms with Gasteiger partial charge in [-0.15, -0.1) is 0 Å². The molecule has 3 aromatic rings. The van der Waals surface area contributed by atoms with Crippen LogP contribution in [0.5, 0.6) is 0 Å². The predicted octanol–water partition coefficient (Wildman–Crippen LogP) is 6.48. The summed E-state index contributed by atoms with van der Waals surface area (Å²) in [6.07, 6.45) is 1.57. The zero-order valence-corrected chi connectivity index (χ0v) is 20.2. The minimum Gasteiger partial charge on any atom is -0.478 e. The number of likely N-dealkylation sites (N-methyl/N-ethyl adjacent to an activating group) is 1. The number of rotatable bonds is 6. The molecule has 178 valence electrons. The van der Waals surface area contributed by atoms with Crippen molar-refractivity contribution in [3.8, 4) is 11.3 Å². The number of nitro groups is 1. The highest BCUT2D eigenvalue weighted by Gasteiger charge is 2.32. The van der Waals surface area contributed by atoms with Gasteiger partial charge in [-0.1, -0.05) is 23.2 Å². The second-order valence-corrected chi connectivity index (χ2v) is 8.97. The van der Waals surface area contributed by atoms with E-state index in [1.165, 1.54) is 23.1 Å². The Labute approximate surface area is 212 Å². The molecule has 1 aliphatic rings. The SMILES string of the molecule is CCN1C(=O)/C(=C\c2ccc(-c3cc(Cl)c([N+](=O)[O-])cc3Cl)o2)SC1=Nc1ccc(C(=O)O)cc1. The fraction of sp³-hybridized carbons (Fsp3) is 0.0870. The van der Waals surface area contributed by atoms with Gasteiger partial charge >= 0.3 is 5.97 Å². The van der Waals surface area contributed by atoms with E-state index in [2.05, 4.69) is 4.99 Å².